The van der Waals surface area contributed by atoms with Gasteiger partial charge in [0.2, 0.25) is 5.75 Å². The van der Waals surface area contributed by atoms with Crippen LogP contribution in [0.25, 0.3) is 6.08 Å². The van der Waals surface area contributed by atoms with Gasteiger partial charge in [-0.15, -0.1) is 0 Å². The summed E-state index contributed by atoms with van der Waals surface area (Å²) in [5.41, 5.74) is 4.07. The summed E-state index contributed by atoms with van der Waals surface area (Å²) >= 11 is 0. The lowest BCUT2D eigenvalue weighted by atomic mass is 10.0. The van der Waals surface area contributed by atoms with Gasteiger partial charge in [-0.3, -0.25) is 4.79 Å². The van der Waals surface area contributed by atoms with Crippen LogP contribution in [0.15, 0.2) is 78.4 Å². The summed E-state index contributed by atoms with van der Waals surface area (Å²) in [5, 5.41) is 3.74. The molecule has 224 valence electrons. The van der Waals surface area contributed by atoms with Gasteiger partial charge in [-0.05, 0) is 62.5 Å². The molecule has 3 aromatic rings. The number of carbonyl (C=O) groups is 1. The maximum absolute atomic E-state index is 13.9. The lowest BCUT2D eigenvalue weighted by molar-refractivity contribution is 0.0758. The molecule has 1 unspecified atom stereocenters. The molecule has 4 rings (SSSR count). The fourth-order valence-corrected chi connectivity index (χ4v) is 5.59. The standard InChI is InChI=1S/C35H45N3O4/c1-27(21-28-13-7-5-8-14-28)25-38(35(39)30-22-32(40-2)34(42-4)33(23-30)41-3)20-12-19-37-18-11-17-31(26-37)36-24-29-15-9-6-10-16-29/h5-10,13-16,21-23,31,36H,11-12,17-20,24-26H2,1-4H3. The average molecular weight is 572 g/mol. The fourth-order valence-electron chi connectivity index (χ4n) is 5.59. The minimum absolute atomic E-state index is 0.0592. The minimum Gasteiger partial charge on any atom is -0.493 e. The van der Waals surface area contributed by atoms with E-state index in [0.29, 0.717) is 41.9 Å². The molecule has 1 saturated heterocycles. The van der Waals surface area contributed by atoms with E-state index in [-0.39, 0.29) is 5.91 Å². The summed E-state index contributed by atoms with van der Waals surface area (Å²) < 4.78 is 16.5. The van der Waals surface area contributed by atoms with E-state index >= 15 is 0 Å². The highest BCUT2D eigenvalue weighted by atomic mass is 16.5. The van der Waals surface area contributed by atoms with Gasteiger partial charge in [0, 0.05) is 37.8 Å². The number of piperidine rings is 1. The highest BCUT2D eigenvalue weighted by molar-refractivity contribution is 5.96. The first kappa shape index (κ1) is 31.1. The molecule has 1 aliphatic heterocycles. The Labute approximate surface area is 251 Å². The molecule has 1 heterocycles. The van der Waals surface area contributed by atoms with Crippen LogP contribution in [0.4, 0.5) is 0 Å². The van der Waals surface area contributed by atoms with Gasteiger partial charge in [-0.1, -0.05) is 72.3 Å². The van der Waals surface area contributed by atoms with Crippen molar-refractivity contribution in [3.8, 4) is 17.2 Å². The zero-order chi connectivity index (χ0) is 29.7. The predicted molar refractivity (Wildman–Crippen MR) is 169 cm³/mol. The molecule has 0 bridgehead atoms. The largest absolute Gasteiger partial charge is 0.493 e. The molecule has 1 amide bonds. The maximum Gasteiger partial charge on any atom is 0.254 e. The van der Waals surface area contributed by atoms with Crippen LogP contribution in [0.2, 0.25) is 0 Å². The van der Waals surface area contributed by atoms with Gasteiger partial charge in [-0.25, -0.2) is 0 Å². The van der Waals surface area contributed by atoms with Gasteiger partial charge >= 0.3 is 0 Å². The molecule has 1 atom stereocenters. The van der Waals surface area contributed by atoms with Crippen molar-refractivity contribution >= 4 is 12.0 Å². The number of likely N-dealkylation sites (tertiary alicyclic amines) is 1. The minimum atomic E-state index is -0.0592. The van der Waals surface area contributed by atoms with Gasteiger partial charge in [0.25, 0.3) is 5.91 Å². The van der Waals surface area contributed by atoms with Crippen molar-refractivity contribution in [2.75, 3.05) is 54.1 Å². The van der Waals surface area contributed by atoms with E-state index in [1.54, 1.807) is 33.5 Å². The Bertz CT molecular complexity index is 1270. The van der Waals surface area contributed by atoms with Crippen LogP contribution in [0.5, 0.6) is 17.2 Å². The van der Waals surface area contributed by atoms with E-state index in [9.17, 15) is 4.79 Å². The van der Waals surface area contributed by atoms with Crippen LogP contribution in [0.1, 0.15) is 47.7 Å². The second-order valence-electron chi connectivity index (χ2n) is 10.9. The average Bonchev–Trinajstić information content (AvgIpc) is 3.03. The third-order valence-corrected chi connectivity index (χ3v) is 7.70. The van der Waals surface area contributed by atoms with Crippen molar-refractivity contribution in [1.82, 2.24) is 15.1 Å². The zero-order valence-corrected chi connectivity index (χ0v) is 25.5. The lowest BCUT2D eigenvalue weighted by Crippen LogP contribution is -2.46. The topological polar surface area (TPSA) is 63.3 Å². The summed E-state index contributed by atoms with van der Waals surface area (Å²) in [6, 6.07) is 24.7. The van der Waals surface area contributed by atoms with E-state index in [1.807, 2.05) is 23.1 Å². The Balaban J connectivity index is 1.43. The zero-order valence-electron chi connectivity index (χ0n) is 25.5. The van der Waals surface area contributed by atoms with Crippen LogP contribution >= 0.6 is 0 Å². The Morgan fingerprint density at radius 1 is 0.976 bits per heavy atom. The fraction of sp³-hybridized carbons (Fsp3) is 0.400. The predicted octanol–water partition coefficient (Wildman–Crippen LogP) is 5.90. The summed E-state index contributed by atoms with van der Waals surface area (Å²) in [7, 11) is 4.70. The number of nitrogens with zero attached hydrogens (tertiary/aromatic N) is 2. The maximum atomic E-state index is 13.9. The number of nitrogens with one attached hydrogen (secondary N) is 1. The Kier molecular flexibility index (Phi) is 11.9. The number of ether oxygens (including phenoxy) is 3. The normalized spacial score (nSPS) is 15.7. The van der Waals surface area contributed by atoms with Crippen LogP contribution in [0, 0.1) is 0 Å². The molecule has 1 fully saturated rings. The van der Waals surface area contributed by atoms with Gasteiger partial charge in [0.15, 0.2) is 11.5 Å². The molecule has 3 aromatic carbocycles. The SMILES string of the molecule is COc1cc(C(=O)N(CCCN2CCCC(NCc3ccccc3)C2)CC(C)=Cc2ccccc2)cc(OC)c1OC. The van der Waals surface area contributed by atoms with Crippen LogP contribution in [-0.4, -0.2) is 75.8 Å². The second-order valence-corrected chi connectivity index (χ2v) is 10.9. The van der Waals surface area contributed by atoms with Gasteiger partial charge < -0.3 is 29.3 Å². The number of rotatable bonds is 14. The van der Waals surface area contributed by atoms with E-state index in [4.69, 9.17) is 14.2 Å². The number of carbonyl (C=O) groups excluding carboxylic acids is 1. The van der Waals surface area contributed by atoms with E-state index in [2.05, 4.69) is 65.7 Å². The highest BCUT2D eigenvalue weighted by Gasteiger charge is 2.23. The van der Waals surface area contributed by atoms with Crippen LogP contribution in [-0.2, 0) is 6.54 Å². The summed E-state index contributed by atoms with van der Waals surface area (Å²) in [6.45, 7) is 7.22. The first-order valence-corrected chi connectivity index (χ1v) is 14.8. The van der Waals surface area contributed by atoms with Gasteiger partial charge in [-0.2, -0.15) is 0 Å². The summed E-state index contributed by atoms with van der Waals surface area (Å²) in [5.74, 6) is 1.36. The van der Waals surface area contributed by atoms with Crippen molar-refractivity contribution in [2.24, 2.45) is 0 Å². The first-order chi connectivity index (χ1) is 20.5. The van der Waals surface area contributed by atoms with E-state index in [0.717, 1.165) is 43.7 Å². The molecule has 7 nitrogen and oxygen atoms in total. The van der Waals surface area contributed by atoms with Crippen LogP contribution < -0.4 is 19.5 Å². The van der Waals surface area contributed by atoms with Crippen molar-refractivity contribution in [3.05, 3.63) is 95.1 Å². The Hall–Kier alpha value is -3.81. The number of hydrogen-bond acceptors (Lipinski definition) is 6. The molecule has 7 heteroatoms. The van der Waals surface area contributed by atoms with Crippen molar-refractivity contribution in [3.63, 3.8) is 0 Å². The molecular formula is C35H45N3O4. The summed E-state index contributed by atoms with van der Waals surface area (Å²) in [6.07, 6.45) is 5.40. The molecule has 0 spiro atoms. The molecule has 42 heavy (non-hydrogen) atoms. The van der Waals surface area contributed by atoms with Crippen LogP contribution in [0.3, 0.4) is 0 Å². The number of amides is 1. The second kappa shape index (κ2) is 16.0. The first-order valence-electron chi connectivity index (χ1n) is 14.8. The van der Waals surface area contributed by atoms with Crippen molar-refractivity contribution in [1.29, 1.82) is 0 Å². The Morgan fingerprint density at radius 3 is 2.29 bits per heavy atom. The van der Waals surface area contributed by atoms with Crippen molar-refractivity contribution < 1.29 is 19.0 Å². The van der Waals surface area contributed by atoms with Gasteiger partial charge in [0.05, 0.1) is 21.3 Å². The van der Waals surface area contributed by atoms with E-state index < -0.39 is 0 Å². The smallest absolute Gasteiger partial charge is 0.254 e. The lowest BCUT2D eigenvalue weighted by Gasteiger charge is -2.34. The number of hydrogen-bond donors (Lipinski definition) is 1. The molecule has 1 aliphatic rings. The molecule has 1 N–H and O–H groups in total. The summed E-state index contributed by atoms with van der Waals surface area (Å²) in [4.78, 5) is 18.4. The quantitative estimate of drug-likeness (QED) is 0.260. The molecule has 0 aromatic heterocycles. The third-order valence-electron chi connectivity index (χ3n) is 7.70. The van der Waals surface area contributed by atoms with Crippen molar-refractivity contribution in [2.45, 2.75) is 38.8 Å². The highest BCUT2D eigenvalue weighted by Crippen LogP contribution is 2.38. The number of benzene rings is 3. The number of methoxy groups -OCH3 is 3. The molecule has 0 aliphatic carbocycles. The monoisotopic (exact) mass is 571 g/mol. The molecular weight excluding hydrogens is 526 g/mol. The third kappa shape index (κ3) is 8.84. The van der Waals surface area contributed by atoms with E-state index in [1.165, 1.54) is 18.4 Å². The molecule has 0 radical (unpaired) electrons. The molecule has 0 saturated carbocycles. The Morgan fingerprint density at radius 2 is 1.64 bits per heavy atom. The van der Waals surface area contributed by atoms with Gasteiger partial charge in [0.1, 0.15) is 0 Å².